The van der Waals surface area contributed by atoms with Crippen molar-refractivity contribution in [3.05, 3.63) is 99.6 Å². The number of fused-ring (bicyclic) bond motifs is 1. The second-order valence-electron chi connectivity index (χ2n) is 16.0. The van der Waals surface area contributed by atoms with Crippen LogP contribution in [0.15, 0.2) is 70.1 Å². The van der Waals surface area contributed by atoms with Crippen LogP contribution in [0.4, 0.5) is 14.5 Å². The van der Waals surface area contributed by atoms with E-state index in [1.807, 2.05) is 49.9 Å². The van der Waals surface area contributed by atoms with Gasteiger partial charge in [-0.05, 0) is 116 Å². The first-order valence-corrected chi connectivity index (χ1v) is 19.1. The second kappa shape index (κ2) is 15.9. The van der Waals surface area contributed by atoms with Gasteiger partial charge in [-0.15, -0.1) is 0 Å². The Balaban J connectivity index is 1.20. The summed E-state index contributed by atoms with van der Waals surface area (Å²) in [7, 11) is 1.45. The SMILES string of the molecule is COC(O)[C@@H]1CCCN1Cc1cc2nc(-c3cccc(-c4cccc(C(C)=Nc5cc(CN6CC(C)(C)C6)cc(C#N)c5C)c4C)c3C)oc2cc1OC(F)F. The third kappa shape index (κ3) is 7.98. The summed E-state index contributed by atoms with van der Waals surface area (Å²) in [6.07, 6.45) is 0.600. The van der Waals surface area contributed by atoms with Gasteiger partial charge in [-0.1, -0.05) is 44.2 Å². The zero-order valence-electron chi connectivity index (χ0n) is 33.1. The zero-order valence-corrected chi connectivity index (χ0v) is 33.1. The monoisotopic (exact) mass is 761 g/mol. The number of halogens is 2. The van der Waals surface area contributed by atoms with Gasteiger partial charge in [-0.25, -0.2) is 4.98 Å². The molecular formula is C45H49F2N5O4. The number of rotatable bonds is 12. The Morgan fingerprint density at radius 3 is 2.43 bits per heavy atom. The normalized spacial score (nSPS) is 18.0. The van der Waals surface area contributed by atoms with Crippen LogP contribution in [0.2, 0.25) is 0 Å². The fraction of sp³-hybridized carbons (Fsp3) is 0.400. The van der Waals surface area contributed by atoms with Crippen molar-refractivity contribution >= 4 is 22.5 Å². The van der Waals surface area contributed by atoms with Crippen LogP contribution < -0.4 is 4.74 Å². The first-order chi connectivity index (χ1) is 26.7. The number of likely N-dealkylation sites (tertiary alicyclic amines) is 2. The van der Waals surface area contributed by atoms with E-state index in [1.165, 1.54) is 13.2 Å². The third-order valence-corrected chi connectivity index (χ3v) is 11.3. The molecule has 5 aromatic rings. The number of nitriles is 1. The van der Waals surface area contributed by atoms with E-state index in [-0.39, 0.29) is 18.3 Å². The molecule has 0 amide bonds. The average Bonchev–Trinajstić information content (AvgIpc) is 3.78. The molecule has 7 rings (SSSR count). The predicted octanol–water partition coefficient (Wildman–Crippen LogP) is 9.47. The summed E-state index contributed by atoms with van der Waals surface area (Å²) in [6.45, 7) is 13.4. The molecule has 0 spiro atoms. The lowest BCUT2D eigenvalue weighted by atomic mass is 9.84. The van der Waals surface area contributed by atoms with E-state index in [2.05, 4.69) is 56.0 Å². The van der Waals surface area contributed by atoms with Crippen LogP contribution in [0.1, 0.15) is 72.6 Å². The standard InChI is InChI=1S/C45H49F2N5O4/c1-26-31(21-48)17-30(22-51-24-45(5,6)25-51)18-37(26)49-29(4)33-11-8-12-34(27(33)2)35-13-9-14-36(28(35)3)42-50-38-19-32(40(56-44(46)47)20-41(38)55-42)23-52-16-10-15-39(52)43(53)54-7/h8-9,11-14,17-20,39,43-44,53H,10,15-16,22-25H2,1-7H3/t39-,43?/m0/s1. The third-order valence-electron chi connectivity index (χ3n) is 11.3. The minimum Gasteiger partial charge on any atom is -0.436 e. The van der Waals surface area contributed by atoms with Crippen molar-refractivity contribution in [1.82, 2.24) is 14.8 Å². The Morgan fingerprint density at radius 1 is 1.02 bits per heavy atom. The Morgan fingerprint density at radius 2 is 1.73 bits per heavy atom. The predicted molar refractivity (Wildman–Crippen MR) is 214 cm³/mol. The number of benzene rings is 4. The summed E-state index contributed by atoms with van der Waals surface area (Å²) in [6, 6.07) is 21.6. The minimum absolute atomic E-state index is 0.00801. The summed E-state index contributed by atoms with van der Waals surface area (Å²) in [4.78, 5) is 14.4. The van der Waals surface area contributed by atoms with E-state index in [9.17, 15) is 19.1 Å². The molecule has 11 heteroatoms. The maximum Gasteiger partial charge on any atom is 0.387 e. The summed E-state index contributed by atoms with van der Waals surface area (Å²) in [5.41, 5.74) is 11.7. The van der Waals surface area contributed by atoms with Gasteiger partial charge in [0.25, 0.3) is 0 Å². The molecule has 2 atom stereocenters. The molecule has 3 heterocycles. The fourth-order valence-electron chi connectivity index (χ4n) is 8.52. The van der Waals surface area contributed by atoms with Crippen molar-refractivity contribution in [1.29, 1.82) is 5.26 Å². The molecule has 56 heavy (non-hydrogen) atoms. The van der Waals surface area contributed by atoms with Gasteiger partial charge in [0, 0.05) is 56.2 Å². The van der Waals surface area contributed by atoms with Gasteiger partial charge in [0.2, 0.25) is 5.89 Å². The molecule has 2 aliphatic heterocycles. The van der Waals surface area contributed by atoms with Gasteiger partial charge in [0.15, 0.2) is 11.9 Å². The number of oxazole rings is 1. The largest absolute Gasteiger partial charge is 0.436 e. The summed E-state index contributed by atoms with van der Waals surface area (Å²) in [5.74, 6) is 0.374. The molecule has 1 unspecified atom stereocenters. The highest BCUT2D eigenvalue weighted by molar-refractivity contribution is 6.03. The van der Waals surface area contributed by atoms with Crippen LogP contribution in [0.25, 0.3) is 33.7 Å². The lowest BCUT2D eigenvalue weighted by Gasteiger charge is -2.46. The average molecular weight is 762 g/mol. The van der Waals surface area contributed by atoms with Crippen LogP contribution >= 0.6 is 0 Å². The summed E-state index contributed by atoms with van der Waals surface area (Å²) < 4.78 is 43.6. The highest BCUT2D eigenvalue weighted by atomic mass is 19.3. The molecule has 2 fully saturated rings. The van der Waals surface area contributed by atoms with Crippen LogP contribution in [0, 0.1) is 37.5 Å². The van der Waals surface area contributed by atoms with E-state index >= 15 is 0 Å². The maximum atomic E-state index is 13.6. The van der Waals surface area contributed by atoms with Gasteiger partial charge in [-0.3, -0.25) is 14.8 Å². The lowest BCUT2D eigenvalue weighted by Crippen LogP contribution is -2.52. The van der Waals surface area contributed by atoms with Crippen molar-refractivity contribution in [2.24, 2.45) is 10.4 Å². The van der Waals surface area contributed by atoms with Crippen molar-refractivity contribution in [3.8, 4) is 34.4 Å². The second-order valence-corrected chi connectivity index (χ2v) is 16.0. The zero-order chi connectivity index (χ0) is 39.9. The molecule has 1 aromatic heterocycles. The van der Waals surface area contributed by atoms with Crippen LogP contribution in [-0.2, 0) is 17.8 Å². The number of methoxy groups -OCH3 is 1. The number of aliphatic imine (C=N–C) groups is 1. The van der Waals surface area contributed by atoms with Crippen molar-refractivity contribution in [3.63, 3.8) is 0 Å². The van der Waals surface area contributed by atoms with Crippen LogP contribution in [0.3, 0.4) is 0 Å². The Labute approximate surface area is 327 Å². The van der Waals surface area contributed by atoms with Crippen LogP contribution in [-0.4, -0.2) is 71.3 Å². The van der Waals surface area contributed by atoms with E-state index in [0.29, 0.717) is 40.1 Å². The summed E-state index contributed by atoms with van der Waals surface area (Å²) >= 11 is 0. The van der Waals surface area contributed by atoms with Gasteiger partial charge in [0.05, 0.1) is 23.4 Å². The molecule has 2 aliphatic rings. The number of alkyl halides is 2. The lowest BCUT2D eigenvalue weighted by molar-refractivity contribution is -0.118. The highest BCUT2D eigenvalue weighted by Crippen LogP contribution is 2.38. The fourth-order valence-corrected chi connectivity index (χ4v) is 8.52. The van der Waals surface area contributed by atoms with Gasteiger partial charge >= 0.3 is 6.61 Å². The maximum absolute atomic E-state index is 13.6. The van der Waals surface area contributed by atoms with E-state index in [1.54, 1.807) is 6.07 Å². The quantitative estimate of drug-likeness (QED) is 0.0990. The number of aromatic nitrogens is 1. The first-order valence-electron chi connectivity index (χ1n) is 19.1. The van der Waals surface area contributed by atoms with E-state index in [4.69, 9.17) is 23.9 Å². The number of aliphatic hydroxyl groups is 1. The van der Waals surface area contributed by atoms with Crippen molar-refractivity contribution in [2.75, 3.05) is 26.7 Å². The number of hydrogen-bond donors (Lipinski definition) is 1. The number of aliphatic hydroxyl groups excluding tert-OH is 1. The summed E-state index contributed by atoms with van der Waals surface area (Å²) in [5, 5.41) is 20.4. The van der Waals surface area contributed by atoms with Gasteiger partial charge < -0.3 is 19.0 Å². The molecule has 1 N–H and O–H groups in total. The first kappa shape index (κ1) is 39.3. The molecule has 0 aliphatic carbocycles. The Kier molecular flexibility index (Phi) is 11.1. The smallest absolute Gasteiger partial charge is 0.387 e. The minimum atomic E-state index is -3.02. The van der Waals surface area contributed by atoms with Crippen molar-refractivity contribution < 1.29 is 27.8 Å². The molecular weight excluding hydrogens is 713 g/mol. The topological polar surface area (TPSA) is 107 Å². The Bertz CT molecular complexity index is 2340. The van der Waals surface area contributed by atoms with E-state index in [0.717, 1.165) is 88.4 Å². The van der Waals surface area contributed by atoms with Gasteiger partial charge in [0.1, 0.15) is 11.3 Å². The number of hydrogen-bond acceptors (Lipinski definition) is 9. The van der Waals surface area contributed by atoms with Gasteiger partial charge in [-0.2, -0.15) is 14.0 Å². The van der Waals surface area contributed by atoms with Crippen LogP contribution in [0.5, 0.6) is 5.75 Å². The number of ether oxygens (including phenoxy) is 2. The molecule has 2 saturated heterocycles. The molecule has 4 aromatic carbocycles. The Hall–Kier alpha value is -4.99. The highest BCUT2D eigenvalue weighted by Gasteiger charge is 2.34. The molecule has 292 valence electrons. The van der Waals surface area contributed by atoms with Crippen molar-refractivity contribution in [2.45, 2.75) is 86.4 Å². The van der Waals surface area contributed by atoms with E-state index < -0.39 is 12.9 Å². The molecule has 0 bridgehead atoms. The molecule has 0 radical (unpaired) electrons. The molecule has 0 saturated carbocycles. The molecule has 9 nitrogen and oxygen atoms in total. The number of nitrogens with zero attached hydrogens (tertiary/aromatic N) is 5.